The number of aromatic nitrogens is 1. The highest BCUT2D eigenvalue weighted by Crippen LogP contribution is 2.24. The molecule has 1 aliphatic heterocycles. The number of rotatable bonds is 7. The van der Waals surface area contributed by atoms with E-state index in [9.17, 15) is 9.59 Å². The van der Waals surface area contributed by atoms with Crippen molar-refractivity contribution in [1.82, 2.24) is 9.88 Å². The smallest absolute Gasteiger partial charge is 0.231 e. The van der Waals surface area contributed by atoms with Crippen LogP contribution in [-0.4, -0.2) is 41.4 Å². The summed E-state index contributed by atoms with van der Waals surface area (Å²) >= 11 is 4.83. The van der Waals surface area contributed by atoms with Crippen LogP contribution in [0.3, 0.4) is 0 Å². The van der Waals surface area contributed by atoms with Crippen molar-refractivity contribution >= 4 is 44.2 Å². The Morgan fingerprint density at radius 1 is 1.37 bits per heavy atom. The van der Waals surface area contributed by atoms with Gasteiger partial charge in [-0.05, 0) is 47.3 Å². The van der Waals surface area contributed by atoms with E-state index in [4.69, 9.17) is 4.74 Å². The zero-order valence-electron chi connectivity index (χ0n) is 14.9. The number of carbonyl (C=O) groups is 2. The first-order chi connectivity index (χ1) is 13.1. The zero-order valence-corrected chi connectivity index (χ0v) is 17.3. The summed E-state index contributed by atoms with van der Waals surface area (Å²) in [7, 11) is 0. The van der Waals surface area contributed by atoms with Crippen molar-refractivity contribution in [2.45, 2.75) is 25.7 Å². The van der Waals surface area contributed by atoms with Crippen LogP contribution in [0.15, 0.2) is 40.3 Å². The van der Waals surface area contributed by atoms with Gasteiger partial charge in [-0.25, -0.2) is 4.98 Å². The van der Waals surface area contributed by atoms with E-state index in [-0.39, 0.29) is 17.7 Å². The summed E-state index contributed by atoms with van der Waals surface area (Å²) in [5.41, 5.74) is 0. The summed E-state index contributed by atoms with van der Waals surface area (Å²) in [5, 5.41) is 5.26. The molecule has 0 radical (unpaired) electrons. The van der Waals surface area contributed by atoms with Gasteiger partial charge in [0.25, 0.3) is 0 Å². The Kier molecular flexibility index (Phi) is 7.23. The molecular weight excluding hydrogens is 430 g/mol. The van der Waals surface area contributed by atoms with Gasteiger partial charge in [-0.15, -0.1) is 11.3 Å². The molecule has 3 rings (SSSR count). The summed E-state index contributed by atoms with van der Waals surface area (Å²) in [6, 6.07) is 7.65. The Bertz CT molecular complexity index is 769. The van der Waals surface area contributed by atoms with E-state index in [0.717, 1.165) is 23.1 Å². The number of halogens is 1. The topological polar surface area (TPSA) is 71.5 Å². The standard InChI is InChI=1S/C19H22BrN3O3S/c20-15-6-1-2-7-16(15)26-11-4-8-17(24)23-10-3-5-14(13-23)18(25)22-19-21-9-12-27-19/h1-2,6-7,9,12,14H,3-5,8,10-11,13H2,(H,21,22,25). The maximum Gasteiger partial charge on any atom is 0.231 e. The molecule has 1 aromatic heterocycles. The maximum absolute atomic E-state index is 12.5. The normalized spacial score (nSPS) is 16.8. The summed E-state index contributed by atoms with van der Waals surface area (Å²) in [6.45, 7) is 1.67. The van der Waals surface area contributed by atoms with Crippen molar-refractivity contribution in [1.29, 1.82) is 0 Å². The lowest BCUT2D eigenvalue weighted by Crippen LogP contribution is -2.43. The fourth-order valence-corrected chi connectivity index (χ4v) is 3.97. The third-order valence-corrected chi connectivity index (χ3v) is 5.78. The fourth-order valence-electron chi connectivity index (χ4n) is 3.04. The van der Waals surface area contributed by atoms with E-state index in [1.54, 1.807) is 11.1 Å². The number of nitrogens with zero attached hydrogens (tertiary/aromatic N) is 2. The van der Waals surface area contributed by atoms with Crippen molar-refractivity contribution in [2.24, 2.45) is 5.92 Å². The minimum absolute atomic E-state index is 0.0558. The molecule has 1 atom stereocenters. The number of ether oxygens (including phenoxy) is 1. The zero-order chi connectivity index (χ0) is 19.1. The molecule has 1 fully saturated rings. The lowest BCUT2D eigenvalue weighted by Gasteiger charge is -2.32. The molecule has 0 bridgehead atoms. The van der Waals surface area contributed by atoms with Gasteiger partial charge in [-0.1, -0.05) is 12.1 Å². The Morgan fingerprint density at radius 2 is 2.22 bits per heavy atom. The molecule has 1 unspecified atom stereocenters. The lowest BCUT2D eigenvalue weighted by molar-refractivity contribution is -0.134. The van der Waals surface area contributed by atoms with Crippen LogP contribution in [0.2, 0.25) is 0 Å². The van der Waals surface area contributed by atoms with Gasteiger partial charge in [0.05, 0.1) is 17.0 Å². The summed E-state index contributed by atoms with van der Waals surface area (Å²) in [4.78, 5) is 30.7. The molecule has 2 aromatic rings. The average Bonchev–Trinajstić information content (AvgIpc) is 3.19. The minimum atomic E-state index is -0.178. The maximum atomic E-state index is 12.5. The molecule has 2 amide bonds. The molecule has 1 aromatic carbocycles. The number of benzene rings is 1. The van der Waals surface area contributed by atoms with Gasteiger partial charge in [-0.2, -0.15) is 0 Å². The van der Waals surface area contributed by atoms with E-state index >= 15 is 0 Å². The predicted octanol–water partition coefficient (Wildman–Crippen LogP) is 3.94. The average molecular weight is 452 g/mol. The van der Waals surface area contributed by atoms with Crippen LogP contribution >= 0.6 is 27.3 Å². The second kappa shape index (κ2) is 9.85. The van der Waals surface area contributed by atoms with E-state index in [1.807, 2.05) is 29.6 Å². The summed E-state index contributed by atoms with van der Waals surface area (Å²) < 4.78 is 6.61. The molecule has 6 nitrogen and oxygen atoms in total. The highest BCUT2D eigenvalue weighted by Gasteiger charge is 2.28. The van der Waals surface area contributed by atoms with Gasteiger partial charge in [0.15, 0.2) is 5.13 Å². The van der Waals surface area contributed by atoms with Gasteiger partial charge < -0.3 is 15.0 Å². The number of piperidine rings is 1. The molecule has 2 heterocycles. The van der Waals surface area contributed by atoms with Crippen LogP contribution in [0.1, 0.15) is 25.7 Å². The number of likely N-dealkylation sites (tertiary alicyclic amines) is 1. The highest BCUT2D eigenvalue weighted by atomic mass is 79.9. The number of hydrogen-bond acceptors (Lipinski definition) is 5. The minimum Gasteiger partial charge on any atom is -0.492 e. The second-order valence-corrected chi connectivity index (χ2v) is 8.14. The molecule has 0 aliphatic carbocycles. The van der Waals surface area contributed by atoms with Crippen LogP contribution in [-0.2, 0) is 9.59 Å². The van der Waals surface area contributed by atoms with Crippen molar-refractivity contribution in [3.8, 4) is 5.75 Å². The van der Waals surface area contributed by atoms with Crippen molar-refractivity contribution < 1.29 is 14.3 Å². The lowest BCUT2D eigenvalue weighted by atomic mass is 9.97. The van der Waals surface area contributed by atoms with Gasteiger partial charge in [0, 0.05) is 31.1 Å². The molecule has 1 N–H and O–H groups in total. The Hall–Kier alpha value is -1.93. The third-order valence-electron chi connectivity index (χ3n) is 4.44. The van der Waals surface area contributed by atoms with Crippen LogP contribution in [0.4, 0.5) is 5.13 Å². The monoisotopic (exact) mass is 451 g/mol. The Balaban J connectivity index is 1.41. The molecule has 1 aliphatic rings. The molecule has 27 heavy (non-hydrogen) atoms. The highest BCUT2D eigenvalue weighted by molar-refractivity contribution is 9.10. The Labute approximate surface area is 171 Å². The summed E-state index contributed by atoms with van der Waals surface area (Å²) in [5.74, 6) is 0.627. The predicted molar refractivity (Wildman–Crippen MR) is 109 cm³/mol. The number of para-hydroxylation sites is 1. The first-order valence-electron chi connectivity index (χ1n) is 8.99. The van der Waals surface area contributed by atoms with E-state index in [2.05, 4.69) is 26.2 Å². The molecule has 144 valence electrons. The number of nitrogens with one attached hydrogen (secondary N) is 1. The quantitative estimate of drug-likeness (QED) is 0.646. The molecule has 1 saturated heterocycles. The second-order valence-electron chi connectivity index (χ2n) is 6.39. The number of thiazole rings is 1. The molecule has 8 heteroatoms. The van der Waals surface area contributed by atoms with E-state index in [0.29, 0.717) is 37.7 Å². The van der Waals surface area contributed by atoms with Crippen LogP contribution in [0.25, 0.3) is 0 Å². The largest absolute Gasteiger partial charge is 0.492 e. The fraction of sp³-hybridized carbons (Fsp3) is 0.421. The SMILES string of the molecule is O=C(Nc1nccs1)C1CCCN(C(=O)CCCOc2ccccc2Br)C1. The van der Waals surface area contributed by atoms with Crippen molar-refractivity contribution in [2.75, 3.05) is 25.0 Å². The van der Waals surface area contributed by atoms with Gasteiger partial charge in [-0.3, -0.25) is 9.59 Å². The van der Waals surface area contributed by atoms with Gasteiger partial charge >= 0.3 is 0 Å². The van der Waals surface area contributed by atoms with Gasteiger partial charge in [0.1, 0.15) is 5.75 Å². The number of amides is 2. The number of hydrogen-bond donors (Lipinski definition) is 1. The molecule has 0 spiro atoms. The number of carbonyl (C=O) groups excluding carboxylic acids is 2. The number of anilines is 1. The van der Waals surface area contributed by atoms with Gasteiger partial charge in [0.2, 0.25) is 11.8 Å². The Morgan fingerprint density at radius 3 is 3.00 bits per heavy atom. The first-order valence-corrected chi connectivity index (χ1v) is 10.7. The van der Waals surface area contributed by atoms with Crippen LogP contribution in [0, 0.1) is 5.92 Å². The van der Waals surface area contributed by atoms with E-state index in [1.165, 1.54) is 11.3 Å². The van der Waals surface area contributed by atoms with Crippen molar-refractivity contribution in [3.63, 3.8) is 0 Å². The molecule has 0 saturated carbocycles. The van der Waals surface area contributed by atoms with Crippen LogP contribution < -0.4 is 10.1 Å². The first kappa shape index (κ1) is 19.8. The molecular formula is C19H22BrN3O3S. The van der Waals surface area contributed by atoms with Crippen molar-refractivity contribution in [3.05, 3.63) is 40.3 Å². The van der Waals surface area contributed by atoms with E-state index < -0.39 is 0 Å². The van der Waals surface area contributed by atoms with Crippen LogP contribution in [0.5, 0.6) is 5.75 Å². The summed E-state index contributed by atoms with van der Waals surface area (Å²) in [6.07, 6.45) is 4.37. The third kappa shape index (κ3) is 5.77.